The molecule has 88 valence electrons. The molecule has 1 aromatic rings. The van der Waals surface area contributed by atoms with Gasteiger partial charge in [-0.1, -0.05) is 26.3 Å². The highest BCUT2D eigenvalue weighted by Gasteiger charge is 2.26. The monoisotopic (exact) mass is 218 g/mol. The molecule has 0 amide bonds. The first-order valence-electron chi connectivity index (χ1n) is 6.39. The van der Waals surface area contributed by atoms with Crippen LogP contribution in [0.4, 0.5) is 0 Å². The van der Waals surface area contributed by atoms with Crippen LogP contribution in [0.15, 0.2) is 24.5 Å². The Kier molecular flexibility index (Phi) is 3.94. The second kappa shape index (κ2) is 5.44. The SMILES string of the molecule is CC1CCCC(C)C1NCc1cccnc1. The van der Waals surface area contributed by atoms with Gasteiger partial charge in [-0.15, -0.1) is 0 Å². The zero-order valence-corrected chi connectivity index (χ0v) is 10.3. The van der Waals surface area contributed by atoms with E-state index in [9.17, 15) is 0 Å². The molecule has 16 heavy (non-hydrogen) atoms. The zero-order chi connectivity index (χ0) is 11.4. The molecule has 1 fully saturated rings. The fourth-order valence-electron chi connectivity index (χ4n) is 2.82. The average Bonchev–Trinajstić information content (AvgIpc) is 2.30. The molecule has 0 spiro atoms. The van der Waals surface area contributed by atoms with Crippen molar-refractivity contribution in [1.29, 1.82) is 0 Å². The number of pyridine rings is 1. The van der Waals surface area contributed by atoms with Gasteiger partial charge < -0.3 is 5.32 Å². The maximum Gasteiger partial charge on any atom is 0.0312 e. The van der Waals surface area contributed by atoms with E-state index >= 15 is 0 Å². The lowest BCUT2D eigenvalue weighted by molar-refractivity contribution is 0.207. The van der Waals surface area contributed by atoms with E-state index in [0.717, 1.165) is 18.4 Å². The van der Waals surface area contributed by atoms with Crippen molar-refractivity contribution in [2.45, 2.75) is 45.7 Å². The molecule has 0 aliphatic heterocycles. The second-order valence-electron chi connectivity index (χ2n) is 5.15. The molecule has 2 heteroatoms. The molecule has 0 radical (unpaired) electrons. The van der Waals surface area contributed by atoms with Crippen LogP contribution in [0.3, 0.4) is 0 Å². The molecule has 0 bridgehead atoms. The molecular formula is C14H22N2. The number of nitrogens with zero attached hydrogens (tertiary/aromatic N) is 1. The van der Waals surface area contributed by atoms with E-state index < -0.39 is 0 Å². The van der Waals surface area contributed by atoms with Crippen molar-refractivity contribution < 1.29 is 0 Å². The van der Waals surface area contributed by atoms with Crippen LogP contribution >= 0.6 is 0 Å². The number of nitrogens with one attached hydrogen (secondary N) is 1. The molecule has 1 N–H and O–H groups in total. The van der Waals surface area contributed by atoms with Crippen molar-refractivity contribution in [2.75, 3.05) is 0 Å². The minimum Gasteiger partial charge on any atom is -0.309 e. The van der Waals surface area contributed by atoms with Gasteiger partial charge in [0.15, 0.2) is 0 Å². The van der Waals surface area contributed by atoms with Gasteiger partial charge in [0, 0.05) is 25.0 Å². The Morgan fingerprint density at radius 1 is 1.31 bits per heavy atom. The first-order chi connectivity index (χ1) is 7.77. The summed E-state index contributed by atoms with van der Waals surface area (Å²) in [5, 5.41) is 3.70. The molecule has 2 unspecified atom stereocenters. The summed E-state index contributed by atoms with van der Waals surface area (Å²) < 4.78 is 0. The number of hydrogen-bond acceptors (Lipinski definition) is 2. The summed E-state index contributed by atoms with van der Waals surface area (Å²) in [4.78, 5) is 4.15. The van der Waals surface area contributed by atoms with Gasteiger partial charge in [-0.25, -0.2) is 0 Å². The Hall–Kier alpha value is -0.890. The average molecular weight is 218 g/mol. The summed E-state index contributed by atoms with van der Waals surface area (Å²) in [6.45, 7) is 5.69. The van der Waals surface area contributed by atoms with Crippen molar-refractivity contribution in [3.05, 3.63) is 30.1 Å². The van der Waals surface area contributed by atoms with Crippen molar-refractivity contribution in [1.82, 2.24) is 10.3 Å². The van der Waals surface area contributed by atoms with Gasteiger partial charge in [-0.2, -0.15) is 0 Å². The van der Waals surface area contributed by atoms with E-state index in [-0.39, 0.29) is 0 Å². The van der Waals surface area contributed by atoms with E-state index in [1.54, 1.807) is 0 Å². The quantitative estimate of drug-likeness (QED) is 0.843. The molecule has 1 heterocycles. The van der Waals surface area contributed by atoms with E-state index in [0.29, 0.717) is 6.04 Å². The molecule has 1 saturated carbocycles. The summed E-state index contributed by atoms with van der Waals surface area (Å²) in [6.07, 6.45) is 7.91. The van der Waals surface area contributed by atoms with Gasteiger partial charge in [0.1, 0.15) is 0 Å². The lowest BCUT2D eigenvalue weighted by Gasteiger charge is -2.35. The topological polar surface area (TPSA) is 24.9 Å². The minimum atomic E-state index is 0.675. The summed E-state index contributed by atoms with van der Waals surface area (Å²) >= 11 is 0. The van der Waals surface area contributed by atoms with Gasteiger partial charge in [-0.05, 0) is 36.3 Å². The second-order valence-corrected chi connectivity index (χ2v) is 5.15. The molecular weight excluding hydrogens is 196 g/mol. The maximum absolute atomic E-state index is 4.15. The fourth-order valence-corrected chi connectivity index (χ4v) is 2.82. The third-order valence-electron chi connectivity index (χ3n) is 3.81. The lowest BCUT2D eigenvalue weighted by Crippen LogP contribution is -2.42. The predicted octanol–water partition coefficient (Wildman–Crippen LogP) is 3.00. The highest BCUT2D eigenvalue weighted by molar-refractivity contribution is 5.08. The Morgan fingerprint density at radius 2 is 2.06 bits per heavy atom. The van der Waals surface area contributed by atoms with Crippen LogP contribution in [0.2, 0.25) is 0 Å². The number of aromatic nitrogens is 1. The molecule has 1 aliphatic rings. The smallest absolute Gasteiger partial charge is 0.0312 e. The fraction of sp³-hybridized carbons (Fsp3) is 0.643. The maximum atomic E-state index is 4.15. The summed E-state index contributed by atoms with van der Waals surface area (Å²) in [7, 11) is 0. The lowest BCUT2D eigenvalue weighted by atomic mass is 9.78. The largest absolute Gasteiger partial charge is 0.309 e. The van der Waals surface area contributed by atoms with Gasteiger partial charge >= 0.3 is 0 Å². The summed E-state index contributed by atoms with van der Waals surface area (Å²) in [5.74, 6) is 1.61. The molecule has 0 saturated heterocycles. The van der Waals surface area contributed by atoms with Gasteiger partial charge in [0.2, 0.25) is 0 Å². The van der Waals surface area contributed by atoms with E-state index in [4.69, 9.17) is 0 Å². The molecule has 2 rings (SSSR count). The van der Waals surface area contributed by atoms with E-state index in [1.165, 1.54) is 24.8 Å². The van der Waals surface area contributed by atoms with Gasteiger partial charge in [0.25, 0.3) is 0 Å². The zero-order valence-electron chi connectivity index (χ0n) is 10.3. The normalized spacial score (nSPS) is 30.2. The molecule has 0 aromatic carbocycles. The molecule has 1 aromatic heterocycles. The third-order valence-corrected chi connectivity index (χ3v) is 3.81. The number of rotatable bonds is 3. The van der Waals surface area contributed by atoms with Crippen molar-refractivity contribution in [2.24, 2.45) is 11.8 Å². The standard InChI is InChI=1S/C14H22N2/c1-11-5-3-6-12(2)14(11)16-10-13-7-4-8-15-9-13/h4,7-9,11-12,14,16H,3,5-6,10H2,1-2H3. The highest BCUT2D eigenvalue weighted by Crippen LogP contribution is 2.28. The Labute approximate surface area is 98.5 Å². The first-order valence-corrected chi connectivity index (χ1v) is 6.39. The first kappa shape index (κ1) is 11.6. The third kappa shape index (κ3) is 2.82. The van der Waals surface area contributed by atoms with Crippen LogP contribution in [-0.4, -0.2) is 11.0 Å². The van der Waals surface area contributed by atoms with Crippen LogP contribution in [-0.2, 0) is 6.54 Å². The molecule has 2 nitrogen and oxygen atoms in total. The van der Waals surface area contributed by atoms with Gasteiger partial charge in [-0.3, -0.25) is 4.98 Å². The van der Waals surface area contributed by atoms with Crippen molar-refractivity contribution >= 4 is 0 Å². The van der Waals surface area contributed by atoms with Crippen LogP contribution in [0.25, 0.3) is 0 Å². The Morgan fingerprint density at radius 3 is 2.69 bits per heavy atom. The Balaban J connectivity index is 1.89. The summed E-state index contributed by atoms with van der Waals surface area (Å²) in [5.41, 5.74) is 1.28. The van der Waals surface area contributed by atoms with Crippen LogP contribution in [0, 0.1) is 11.8 Å². The van der Waals surface area contributed by atoms with Crippen molar-refractivity contribution in [3.8, 4) is 0 Å². The Bertz CT molecular complexity index is 300. The van der Waals surface area contributed by atoms with Crippen molar-refractivity contribution in [3.63, 3.8) is 0 Å². The number of hydrogen-bond donors (Lipinski definition) is 1. The van der Waals surface area contributed by atoms with E-state index in [2.05, 4.69) is 30.2 Å². The molecule has 1 aliphatic carbocycles. The van der Waals surface area contributed by atoms with Crippen LogP contribution in [0.5, 0.6) is 0 Å². The minimum absolute atomic E-state index is 0.675. The van der Waals surface area contributed by atoms with Crippen LogP contribution in [0.1, 0.15) is 38.7 Å². The van der Waals surface area contributed by atoms with Gasteiger partial charge in [0.05, 0.1) is 0 Å². The predicted molar refractivity (Wildman–Crippen MR) is 67.0 cm³/mol. The van der Waals surface area contributed by atoms with Crippen LogP contribution < -0.4 is 5.32 Å². The highest BCUT2D eigenvalue weighted by atomic mass is 14.9. The molecule has 2 atom stereocenters. The van der Waals surface area contributed by atoms with E-state index in [1.807, 2.05) is 18.5 Å². The summed E-state index contributed by atoms with van der Waals surface area (Å²) in [6, 6.07) is 4.82.